The second-order valence-corrected chi connectivity index (χ2v) is 4.32. The summed E-state index contributed by atoms with van der Waals surface area (Å²) in [5.74, 6) is -1.05. The number of hydrogen-bond donors (Lipinski definition) is 1. The summed E-state index contributed by atoms with van der Waals surface area (Å²) in [6.45, 7) is 3.90. The van der Waals surface area contributed by atoms with Gasteiger partial charge in [0.25, 0.3) is 0 Å². The molecule has 0 aliphatic carbocycles. The molecule has 0 atom stereocenters. The Hall–Kier alpha value is -2.04. The molecular weight excluding hydrogens is 236 g/mol. The van der Waals surface area contributed by atoms with Gasteiger partial charge in [-0.05, 0) is 24.1 Å². The van der Waals surface area contributed by atoms with Gasteiger partial charge in [0.05, 0.1) is 5.69 Å². The maximum absolute atomic E-state index is 13.7. The van der Waals surface area contributed by atoms with Crippen LogP contribution in [0, 0.1) is 11.6 Å². The van der Waals surface area contributed by atoms with E-state index in [1.54, 1.807) is 6.07 Å². The fourth-order valence-electron chi connectivity index (χ4n) is 1.62. The van der Waals surface area contributed by atoms with E-state index >= 15 is 0 Å². The molecule has 0 fully saturated rings. The number of rotatable bonds is 2. The van der Waals surface area contributed by atoms with E-state index in [2.05, 4.69) is 9.97 Å². The number of hydrogen-bond acceptors (Lipinski definition) is 3. The van der Waals surface area contributed by atoms with Gasteiger partial charge in [0.2, 0.25) is 5.95 Å². The molecule has 2 aromatic rings. The Balaban J connectivity index is 2.56. The maximum Gasteiger partial charge on any atom is 0.220 e. The summed E-state index contributed by atoms with van der Waals surface area (Å²) in [4.78, 5) is 8.06. The third-order valence-electron chi connectivity index (χ3n) is 2.56. The van der Waals surface area contributed by atoms with Crippen molar-refractivity contribution in [1.29, 1.82) is 0 Å². The van der Waals surface area contributed by atoms with Crippen molar-refractivity contribution < 1.29 is 8.78 Å². The summed E-state index contributed by atoms with van der Waals surface area (Å²) >= 11 is 0. The molecule has 0 saturated carbocycles. The highest BCUT2D eigenvalue weighted by atomic mass is 19.1. The molecule has 94 valence electrons. The van der Waals surface area contributed by atoms with Crippen molar-refractivity contribution >= 4 is 5.95 Å². The molecule has 0 radical (unpaired) electrons. The van der Waals surface area contributed by atoms with Crippen LogP contribution in [0.4, 0.5) is 14.7 Å². The molecule has 2 N–H and O–H groups in total. The van der Waals surface area contributed by atoms with Crippen molar-refractivity contribution in [2.45, 2.75) is 19.8 Å². The Kier molecular flexibility index (Phi) is 3.23. The van der Waals surface area contributed by atoms with Crippen LogP contribution in [0.2, 0.25) is 0 Å². The van der Waals surface area contributed by atoms with E-state index < -0.39 is 11.6 Å². The number of nitrogens with zero attached hydrogens (tertiary/aromatic N) is 2. The van der Waals surface area contributed by atoms with Crippen LogP contribution in [0.15, 0.2) is 24.3 Å². The van der Waals surface area contributed by atoms with Gasteiger partial charge in [0.1, 0.15) is 11.6 Å². The van der Waals surface area contributed by atoms with E-state index in [0.717, 1.165) is 11.8 Å². The lowest BCUT2D eigenvalue weighted by Gasteiger charge is -2.09. The molecule has 1 aromatic carbocycles. The van der Waals surface area contributed by atoms with Crippen molar-refractivity contribution in [3.63, 3.8) is 0 Å². The van der Waals surface area contributed by atoms with Crippen molar-refractivity contribution in [3.05, 3.63) is 41.6 Å². The maximum atomic E-state index is 13.7. The highest BCUT2D eigenvalue weighted by Crippen LogP contribution is 2.24. The molecule has 0 saturated heterocycles. The largest absolute Gasteiger partial charge is 0.368 e. The van der Waals surface area contributed by atoms with Gasteiger partial charge >= 0.3 is 0 Å². The molecule has 0 amide bonds. The fraction of sp³-hybridized carbons (Fsp3) is 0.231. The van der Waals surface area contributed by atoms with Crippen molar-refractivity contribution in [2.75, 3.05) is 5.73 Å². The molecule has 0 aliphatic rings. The number of aromatic nitrogens is 2. The van der Waals surface area contributed by atoms with Gasteiger partial charge in [-0.25, -0.2) is 18.7 Å². The van der Waals surface area contributed by atoms with Gasteiger partial charge in [0, 0.05) is 17.3 Å². The summed E-state index contributed by atoms with van der Waals surface area (Å²) in [6.07, 6.45) is 0. The minimum atomic E-state index is -0.664. The smallest absolute Gasteiger partial charge is 0.220 e. The molecule has 2 rings (SSSR count). The molecule has 0 spiro atoms. The van der Waals surface area contributed by atoms with E-state index in [1.807, 2.05) is 13.8 Å². The first-order valence-electron chi connectivity index (χ1n) is 5.57. The summed E-state index contributed by atoms with van der Waals surface area (Å²) in [6, 6.07) is 5.02. The summed E-state index contributed by atoms with van der Waals surface area (Å²) in [5.41, 5.74) is 6.90. The highest BCUT2D eigenvalue weighted by molar-refractivity contribution is 5.61. The average molecular weight is 249 g/mol. The van der Waals surface area contributed by atoms with Crippen LogP contribution in [0.1, 0.15) is 25.5 Å². The molecule has 1 aromatic heterocycles. The third-order valence-corrected chi connectivity index (χ3v) is 2.56. The van der Waals surface area contributed by atoms with Gasteiger partial charge in [-0.2, -0.15) is 0 Å². The van der Waals surface area contributed by atoms with E-state index in [-0.39, 0.29) is 17.4 Å². The second-order valence-electron chi connectivity index (χ2n) is 4.32. The topological polar surface area (TPSA) is 51.8 Å². The summed E-state index contributed by atoms with van der Waals surface area (Å²) < 4.78 is 26.5. The first-order valence-corrected chi connectivity index (χ1v) is 5.57. The average Bonchev–Trinajstić information content (AvgIpc) is 2.27. The molecule has 1 heterocycles. The molecule has 5 heteroatoms. The Morgan fingerprint density at radius 3 is 2.44 bits per heavy atom. The molecule has 3 nitrogen and oxygen atoms in total. The SMILES string of the molecule is CC(C)c1cc(-c2ccc(F)cc2F)nc(N)n1. The molecule has 18 heavy (non-hydrogen) atoms. The second kappa shape index (κ2) is 4.68. The lowest BCUT2D eigenvalue weighted by molar-refractivity contribution is 0.585. The van der Waals surface area contributed by atoms with Gasteiger partial charge in [0.15, 0.2) is 0 Å². The lowest BCUT2D eigenvalue weighted by Crippen LogP contribution is -2.03. The van der Waals surface area contributed by atoms with Gasteiger partial charge in [-0.1, -0.05) is 13.8 Å². The zero-order valence-corrected chi connectivity index (χ0v) is 10.1. The van der Waals surface area contributed by atoms with Crippen LogP contribution in [0.5, 0.6) is 0 Å². The standard InChI is InChI=1S/C13H13F2N3/c1-7(2)11-6-12(18-13(16)17-11)9-4-3-8(14)5-10(9)15/h3-7H,1-2H3,(H2,16,17,18). The van der Waals surface area contributed by atoms with Crippen LogP contribution in [0.3, 0.4) is 0 Å². The normalized spacial score (nSPS) is 10.9. The van der Waals surface area contributed by atoms with Gasteiger partial charge in [-0.3, -0.25) is 0 Å². The molecule has 0 bridgehead atoms. The summed E-state index contributed by atoms with van der Waals surface area (Å²) in [7, 11) is 0. The third kappa shape index (κ3) is 2.45. The highest BCUT2D eigenvalue weighted by Gasteiger charge is 2.11. The quantitative estimate of drug-likeness (QED) is 0.889. The minimum absolute atomic E-state index is 0.0833. The van der Waals surface area contributed by atoms with E-state index in [0.29, 0.717) is 5.69 Å². The number of anilines is 1. The molecule has 0 unspecified atom stereocenters. The van der Waals surface area contributed by atoms with Crippen molar-refractivity contribution in [2.24, 2.45) is 0 Å². The van der Waals surface area contributed by atoms with E-state index in [9.17, 15) is 8.78 Å². The van der Waals surface area contributed by atoms with Crippen LogP contribution < -0.4 is 5.73 Å². The van der Waals surface area contributed by atoms with Gasteiger partial charge in [-0.15, -0.1) is 0 Å². The fourth-order valence-corrected chi connectivity index (χ4v) is 1.62. The first-order chi connectivity index (χ1) is 8.47. The predicted molar refractivity (Wildman–Crippen MR) is 65.9 cm³/mol. The van der Waals surface area contributed by atoms with Crippen LogP contribution in [-0.4, -0.2) is 9.97 Å². The Morgan fingerprint density at radius 1 is 1.11 bits per heavy atom. The van der Waals surface area contributed by atoms with Gasteiger partial charge < -0.3 is 5.73 Å². The minimum Gasteiger partial charge on any atom is -0.368 e. The van der Waals surface area contributed by atoms with Crippen LogP contribution >= 0.6 is 0 Å². The van der Waals surface area contributed by atoms with Crippen molar-refractivity contribution in [1.82, 2.24) is 9.97 Å². The van der Waals surface area contributed by atoms with Crippen LogP contribution in [0.25, 0.3) is 11.3 Å². The molecule has 0 aliphatic heterocycles. The number of halogens is 2. The Labute approximate surface area is 104 Å². The number of benzene rings is 1. The predicted octanol–water partition coefficient (Wildman–Crippen LogP) is 3.13. The zero-order chi connectivity index (χ0) is 13.3. The van der Waals surface area contributed by atoms with Crippen LogP contribution in [-0.2, 0) is 0 Å². The van der Waals surface area contributed by atoms with Crippen molar-refractivity contribution in [3.8, 4) is 11.3 Å². The number of nitrogens with two attached hydrogens (primary N) is 1. The molecular formula is C13H13F2N3. The van der Waals surface area contributed by atoms with E-state index in [1.165, 1.54) is 12.1 Å². The lowest BCUT2D eigenvalue weighted by atomic mass is 10.1. The first kappa shape index (κ1) is 12.4. The zero-order valence-electron chi connectivity index (χ0n) is 10.1. The Morgan fingerprint density at radius 2 is 1.83 bits per heavy atom. The Bertz CT molecular complexity index is 582. The number of nitrogen functional groups attached to an aromatic ring is 1. The van der Waals surface area contributed by atoms with E-state index in [4.69, 9.17) is 5.73 Å². The monoisotopic (exact) mass is 249 g/mol. The summed E-state index contributed by atoms with van der Waals surface area (Å²) in [5, 5.41) is 0.